The average Bonchev–Trinajstić information content (AvgIpc) is 3.68. The number of hydrogen-bond acceptors (Lipinski definition) is 5. The quantitative estimate of drug-likeness (QED) is 0.403. The molecule has 0 unspecified atom stereocenters. The van der Waals surface area contributed by atoms with Crippen molar-refractivity contribution in [2.24, 2.45) is 7.05 Å². The number of nitrogens with one attached hydrogen (secondary N) is 2. The number of fused-ring (bicyclic) bond motifs is 1. The summed E-state index contributed by atoms with van der Waals surface area (Å²) >= 11 is 0. The van der Waals surface area contributed by atoms with Gasteiger partial charge in [0.2, 0.25) is 0 Å². The molecule has 9 nitrogen and oxygen atoms in total. The minimum atomic E-state index is -0.613. The Morgan fingerprint density at radius 3 is 2.47 bits per heavy atom. The molecule has 1 fully saturated rings. The number of anilines is 2. The maximum absolute atomic E-state index is 14.7. The molecular weight excluding hydrogens is 464 g/mol. The van der Waals surface area contributed by atoms with Crippen molar-refractivity contribution in [1.29, 1.82) is 0 Å². The van der Waals surface area contributed by atoms with Crippen molar-refractivity contribution >= 4 is 41.6 Å². The van der Waals surface area contributed by atoms with E-state index in [0.29, 0.717) is 29.6 Å². The summed E-state index contributed by atoms with van der Waals surface area (Å²) < 4.78 is 18.3. The van der Waals surface area contributed by atoms with E-state index in [9.17, 15) is 23.6 Å². The normalized spacial score (nSPS) is 13.1. The summed E-state index contributed by atoms with van der Waals surface area (Å²) in [5.74, 6) is -0.895. The molecule has 1 aliphatic rings. The summed E-state index contributed by atoms with van der Waals surface area (Å²) in [6, 6.07) is 11.9. The van der Waals surface area contributed by atoms with Crippen molar-refractivity contribution in [2.45, 2.75) is 18.9 Å². The molecule has 0 radical (unpaired) electrons. The van der Waals surface area contributed by atoms with Gasteiger partial charge in [0.1, 0.15) is 24.7 Å². The van der Waals surface area contributed by atoms with E-state index in [2.05, 4.69) is 10.6 Å². The van der Waals surface area contributed by atoms with Crippen LogP contribution >= 0.6 is 0 Å². The summed E-state index contributed by atoms with van der Waals surface area (Å²) in [6.07, 6.45) is 1.33. The molecule has 2 N–H and O–H groups in total. The largest absolute Gasteiger partial charge is 0.355 e. The number of benzene rings is 2. The first kappa shape index (κ1) is 23.3. The van der Waals surface area contributed by atoms with Crippen LogP contribution in [0.15, 0.2) is 62.9 Å². The molecule has 36 heavy (non-hydrogen) atoms. The van der Waals surface area contributed by atoms with Gasteiger partial charge in [-0.15, -0.1) is 0 Å². The maximum atomic E-state index is 14.7. The van der Waals surface area contributed by atoms with E-state index in [1.807, 2.05) is 0 Å². The molecule has 0 aliphatic heterocycles. The highest BCUT2D eigenvalue weighted by Gasteiger charge is 2.31. The molecule has 1 aliphatic carbocycles. The molecule has 4 aromatic rings. The predicted molar refractivity (Wildman–Crippen MR) is 139 cm³/mol. The number of carbonyl (C=O) groups is 1. The summed E-state index contributed by atoms with van der Waals surface area (Å²) in [5.41, 5.74) is -0.129. The lowest BCUT2D eigenvalue weighted by Gasteiger charge is -2.19. The number of rotatable bonds is 5. The second kappa shape index (κ2) is 8.67. The smallest absolute Gasteiger partial charge is 0.337 e. The highest BCUT2D eigenvalue weighted by molar-refractivity contribution is 6.32. The van der Waals surface area contributed by atoms with Crippen molar-refractivity contribution in [3.63, 3.8) is 0 Å². The fourth-order valence-corrected chi connectivity index (χ4v) is 4.35. The molecule has 1 saturated carbocycles. The number of hydrogen-bond donors (Lipinski definition) is 2. The van der Waals surface area contributed by atoms with E-state index in [1.54, 1.807) is 32.1 Å². The molecule has 0 saturated heterocycles. The van der Waals surface area contributed by atoms with Gasteiger partial charge in [-0.05, 0) is 43.2 Å². The van der Waals surface area contributed by atoms with Gasteiger partial charge in [0.15, 0.2) is 0 Å². The first-order valence-corrected chi connectivity index (χ1v) is 11.5. The van der Waals surface area contributed by atoms with Gasteiger partial charge in [0.05, 0.1) is 17.1 Å². The lowest BCUT2D eigenvalue weighted by molar-refractivity contribution is 0.0963. The van der Waals surface area contributed by atoms with Gasteiger partial charge in [-0.25, -0.2) is 13.8 Å². The van der Waals surface area contributed by atoms with E-state index in [1.165, 1.54) is 52.1 Å². The van der Waals surface area contributed by atoms with Crippen LogP contribution in [0, 0.1) is 5.82 Å². The lowest BCUT2D eigenvalue weighted by Crippen LogP contribution is -2.41. The standard InChI is InChI=1S/C25H23BFN5O4/c1-28-22(34)13-4-3-5-16(10-13)31-23-21(24(35)32(25(31)36)15-7-8-15)19(12-20(33)30(23)2)29-18-9-6-14(26)11-17(18)27/h3-6,9-12,15,29H,7-8,26H2,1-2H3,(H,28,34). The van der Waals surface area contributed by atoms with Crippen LogP contribution in [0.1, 0.15) is 29.2 Å². The van der Waals surface area contributed by atoms with Gasteiger partial charge < -0.3 is 10.6 Å². The lowest BCUT2D eigenvalue weighted by atomic mass is 9.96. The van der Waals surface area contributed by atoms with E-state index in [0.717, 1.165) is 0 Å². The number of nitrogens with zero attached hydrogens (tertiary/aromatic N) is 3. The molecule has 11 heteroatoms. The Morgan fingerprint density at radius 1 is 1.06 bits per heavy atom. The SMILES string of the molecule is Bc1ccc(Nc2cc(=O)n(C)c3c2c(=O)n(C2CC2)c(=O)n3-c2cccc(C(=O)NC)c2)c(F)c1. The number of aromatic nitrogens is 3. The van der Waals surface area contributed by atoms with E-state index in [4.69, 9.17) is 0 Å². The zero-order valence-electron chi connectivity index (χ0n) is 20.0. The Bertz CT molecular complexity index is 1740. The van der Waals surface area contributed by atoms with E-state index in [-0.39, 0.29) is 34.4 Å². The predicted octanol–water partition coefficient (Wildman–Crippen LogP) is 0.687. The zero-order chi connectivity index (χ0) is 25.7. The minimum Gasteiger partial charge on any atom is -0.355 e. The van der Waals surface area contributed by atoms with Gasteiger partial charge in [-0.1, -0.05) is 17.6 Å². The Kier molecular flexibility index (Phi) is 5.62. The van der Waals surface area contributed by atoms with Gasteiger partial charge in [-0.3, -0.25) is 23.5 Å². The van der Waals surface area contributed by atoms with Gasteiger partial charge in [0, 0.05) is 31.8 Å². The number of aryl methyl sites for hydroxylation is 1. The van der Waals surface area contributed by atoms with Crippen LogP contribution in [0.2, 0.25) is 0 Å². The summed E-state index contributed by atoms with van der Waals surface area (Å²) in [6.45, 7) is 0. The van der Waals surface area contributed by atoms with Crippen molar-refractivity contribution < 1.29 is 9.18 Å². The molecule has 2 heterocycles. The average molecular weight is 487 g/mol. The van der Waals surface area contributed by atoms with Crippen LogP contribution in [0.25, 0.3) is 16.7 Å². The number of halogens is 1. The maximum Gasteiger partial charge on any atom is 0.337 e. The van der Waals surface area contributed by atoms with E-state index < -0.39 is 22.6 Å². The highest BCUT2D eigenvalue weighted by atomic mass is 19.1. The number of carbonyl (C=O) groups excluding carboxylic acids is 1. The van der Waals surface area contributed by atoms with Crippen LogP contribution in [0.5, 0.6) is 0 Å². The molecule has 1 amide bonds. The van der Waals surface area contributed by atoms with Crippen molar-refractivity contribution in [3.8, 4) is 5.69 Å². The second-order valence-corrected chi connectivity index (χ2v) is 8.92. The fraction of sp³-hybridized carbons (Fsp3) is 0.200. The third kappa shape index (κ3) is 3.82. The van der Waals surface area contributed by atoms with Crippen molar-refractivity contribution in [2.75, 3.05) is 12.4 Å². The third-order valence-electron chi connectivity index (χ3n) is 6.35. The molecule has 5 rings (SSSR count). The summed E-state index contributed by atoms with van der Waals surface area (Å²) in [7, 11) is 4.70. The topological polar surface area (TPSA) is 107 Å². The fourth-order valence-electron chi connectivity index (χ4n) is 4.35. The van der Waals surface area contributed by atoms with Crippen molar-refractivity contribution in [3.05, 3.63) is 91.1 Å². The molecule has 0 spiro atoms. The van der Waals surface area contributed by atoms with Crippen LogP contribution in [0.4, 0.5) is 15.8 Å². The molecule has 0 atom stereocenters. The Labute approximate surface area is 205 Å². The third-order valence-corrected chi connectivity index (χ3v) is 6.35. The number of amides is 1. The van der Waals surface area contributed by atoms with Gasteiger partial charge >= 0.3 is 5.69 Å². The van der Waals surface area contributed by atoms with E-state index >= 15 is 0 Å². The highest BCUT2D eigenvalue weighted by Crippen LogP contribution is 2.33. The molecular formula is C25H23BFN5O4. The Balaban J connectivity index is 1.88. The summed E-state index contributed by atoms with van der Waals surface area (Å²) in [4.78, 5) is 52.6. The zero-order valence-corrected chi connectivity index (χ0v) is 20.0. The Hall–Kier alpha value is -4.41. The molecule has 182 valence electrons. The van der Waals surface area contributed by atoms with Crippen molar-refractivity contribution in [1.82, 2.24) is 19.0 Å². The van der Waals surface area contributed by atoms with Gasteiger partial charge in [-0.2, -0.15) is 0 Å². The molecule has 2 aromatic carbocycles. The second-order valence-electron chi connectivity index (χ2n) is 8.92. The summed E-state index contributed by atoms with van der Waals surface area (Å²) in [5, 5.41) is 5.50. The van der Waals surface area contributed by atoms with Crippen LogP contribution in [0.3, 0.4) is 0 Å². The first-order valence-electron chi connectivity index (χ1n) is 11.5. The molecule has 0 bridgehead atoms. The first-order chi connectivity index (χ1) is 17.2. The molecule has 2 aromatic heterocycles. The Morgan fingerprint density at radius 2 is 1.81 bits per heavy atom. The van der Waals surface area contributed by atoms with Gasteiger partial charge in [0.25, 0.3) is 17.0 Å². The number of pyridine rings is 1. The minimum absolute atomic E-state index is 0.0403. The van der Waals surface area contributed by atoms with Crippen LogP contribution in [-0.4, -0.2) is 34.5 Å². The monoisotopic (exact) mass is 487 g/mol. The van der Waals surface area contributed by atoms with Crippen LogP contribution in [-0.2, 0) is 7.05 Å². The van der Waals surface area contributed by atoms with Crippen LogP contribution < -0.4 is 32.9 Å².